The van der Waals surface area contributed by atoms with Crippen LogP contribution in [0.2, 0.25) is 0 Å². The van der Waals surface area contributed by atoms with Crippen molar-refractivity contribution >= 4 is 34.7 Å². The van der Waals surface area contributed by atoms with Crippen LogP contribution in [0.15, 0.2) is 30.5 Å². The van der Waals surface area contributed by atoms with Gasteiger partial charge in [-0.25, -0.2) is 4.79 Å². The number of aromatic nitrogens is 1. The van der Waals surface area contributed by atoms with Gasteiger partial charge in [0.15, 0.2) is 5.60 Å². The summed E-state index contributed by atoms with van der Waals surface area (Å²) >= 11 is 0. The number of carbonyl (C=O) groups excluding carboxylic acids is 1. The molecule has 0 unspecified atom stereocenters. The maximum absolute atomic E-state index is 12.7. The smallest absolute Gasteiger partial charge is 0.336 e. The van der Waals surface area contributed by atoms with Gasteiger partial charge in [0.2, 0.25) is 5.91 Å². The van der Waals surface area contributed by atoms with Crippen molar-refractivity contribution < 1.29 is 39.6 Å². The van der Waals surface area contributed by atoms with Crippen LogP contribution in [0.4, 0.5) is 0 Å². The Kier molecular flexibility index (Phi) is 11.9. The van der Waals surface area contributed by atoms with Gasteiger partial charge >= 0.3 is 17.9 Å². The summed E-state index contributed by atoms with van der Waals surface area (Å²) < 4.78 is 2.23. The Balaban J connectivity index is 0.000000349. The van der Waals surface area contributed by atoms with Crippen molar-refractivity contribution in [2.24, 2.45) is 0 Å². The molecule has 1 fully saturated rings. The molecule has 39 heavy (non-hydrogen) atoms. The number of aliphatic hydroxyl groups is 1. The van der Waals surface area contributed by atoms with Gasteiger partial charge in [0.1, 0.15) is 0 Å². The SMILES string of the molecule is CCn1cc(CC(=O)N(C)CCCN2CCN(C)CC2)c2ccccc21.O=C(O)CC(O)(CC(=O)O)C(=O)O. The second-order valence-electron chi connectivity index (χ2n) is 9.93. The van der Waals surface area contributed by atoms with Crippen LogP contribution in [0.3, 0.4) is 0 Å². The van der Waals surface area contributed by atoms with E-state index in [0.29, 0.717) is 6.42 Å². The Bertz CT molecular complexity index is 1120. The summed E-state index contributed by atoms with van der Waals surface area (Å²) in [6, 6.07) is 8.37. The fourth-order valence-corrected chi connectivity index (χ4v) is 4.46. The van der Waals surface area contributed by atoms with Gasteiger partial charge in [-0.3, -0.25) is 14.4 Å². The molecule has 0 bridgehead atoms. The predicted molar refractivity (Wildman–Crippen MR) is 145 cm³/mol. The number of carboxylic acids is 3. The molecule has 1 aliphatic rings. The minimum atomic E-state index is -2.74. The largest absolute Gasteiger partial charge is 0.481 e. The third kappa shape index (κ3) is 9.65. The minimum absolute atomic E-state index is 0.211. The normalized spacial score (nSPS) is 14.5. The molecule has 2 aromatic rings. The Hall–Kier alpha value is -3.48. The maximum atomic E-state index is 12.7. The third-order valence-electron chi connectivity index (χ3n) is 6.83. The van der Waals surface area contributed by atoms with E-state index in [4.69, 9.17) is 20.4 Å². The number of hydrogen-bond donors (Lipinski definition) is 4. The van der Waals surface area contributed by atoms with E-state index in [1.54, 1.807) is 0 Å². The molecule has 0 radical (unpaired) electrons. The van der Waals surface area contributed by atoms with Crippen molar-refractivity contribution in [1.29, 1.82) is 0 Å². The minimum Gasteiger partial charge on any atom is -0.481 e. The number of piperazine rings is 1. The number of aryl methyl sites for hydroxylation is 1. The number of likely N-dealkylation sites (N-methyl/N-ethyl adjacent to an activating group) is 2. The number of nitrogens with zero attached hydrogens (tertiary/aromatic N) is 4. The van der Waals surface area contributed by atoms with E-state index in [1.807, 2.05) is 11.9 Å². The standard InChI is InChI=1S/C21H32N4O.C6H8O7/c1-4-25-17-18(19-8-5-6-9-20(19)25)16-21(26)23(3)10-7-11-24-14-12-22(2)13-15-24;7-3(8)1-6(13,5(11)12)2-4(9)10/h5-6,8-9,17H,4,7,10-16H2,1-3H3;13H,1-2H2,(H,7,8)(H,9,10)(H,11,12). The highest BCUT2D eigenvalue weighted by Gasteiger charge is 2.40. The van der Waals surface area contributed by atoms with Crippen molar-refractivity contribution in [2.45, 2.75) is 44.8 Å². The van der Waals surface area contributed by atoms with Gasteiger partial charge in [-0.2, -0.15) is 0 Å². The Morgan fingerprint density at radius 1 is 0.974 bits per heavy atom. The molecule has 216 valence electrons. The highest BCUT2D eigenvalue weighted by Crippen LogP contribution is 2.22. The molecule has 0 aliphatic carbocycles. The monoisotopic (exact) mass is 548 g/mol. The van der Waals surface area contributed by atoms with Crippen molar-refractivity contribution in [3.63, 3.8) is 0 Å². The Morgan fingerprint density at radius 2 is 1.56 bits per heavy atom. The van der Waals surface area contributed by atoms with Crippen LogP contribution < -0.4 is 0 Å². The molecule has 3 rings (SSSR count). The first kappa shape index (κ1) is 31.7. The third-order valence-corrected chi connectivity index (χ3v) is 6.83. The average Bonchev–Trinajstić information content (AvgIpc) is 3.22. The van der Waals surface area contributed by atoms with E-state index >= 15 is 0 Å². The molecule has 12 heteroatoms. The van der Waals surface area contributed by atoms with E-state index < -0.39 is 36.4 Å². The quantitative estimate of drug-likeness (QED) is 0.301. The van der Waals surface area contributed by atoms with Gasteiger partial charge in [0.05, 0.1) is 19.3 Å². The van der Waals surface area contributed by atoms with Gasteiger partial charge < -0.3 is 39.7 Å². The maximum Gasteiger partial charge on any atom is 0.336 e. The predicted octanol–water partition coefficient (Wildman–Crippen LogP) is 1.05. The lowest BCUT2D eigenvalue weighted by Crippen LogP contribution is -2.45. The van der Waals surface area contributed by atoms with Gasteiger partial charge in [-0.15, -0.1) is 0 Å². The summed E-state index contributed by atoms with van der Waals surface area (Å²) in [4.78, 5) is 49.9. The summed E-state index contributed by atoms with van der Waals surface area (Å²) in [5.41, 5.74) is -0.383. The van der Waals surface area contributed by atoms with Crippen molar-refractivity contribution in [1.82, 2.24) is 19.3 Å². The van der Waals surface area contributed by atoms with Crippen LogP contribution in [0.5, 0.6) is 0 Å². The molecule has 1 saturated heterocycles. The summed E-state index contributed by atoms with van der Waals surface area (Å²) in [6.45, 7) is 9.57. The molecule has 2 heterocycles. The lowest BCUT2D eigenvalue weighted by Gasteiger charge is -2.32. The number of hydrogen-bond acceptors (Lipinski definition) is 7. The summed E-state index contributed by atoms with van der Waals surface area (Å²) in [6.07, 6.45) is 1.38. The topological polar surface area (TPSA) is 164 Å². The summed E-state index contributed by atoms with van der Waals surface area (Å²) in [5.74, 6) is -4.81. The van der Waals surface area contributed by atoms with Crippen LogP contribution in [0.1, 0.15) is 31.7 Å². The number of aliphatic carboxylic acids is 3. The van der Waals surface area contributed by atoms with Crippen molar-refractivity contribution in [2.75, 3.05) is 53.4 Å². The zero-order valence-electron chi connectivity index (χ0n) is 22.9. The number of para-hydroxylation sites is 1. The lowest BCUT2D eigenvalue weighted by molar-refractivity contribution is -0.170. The number of fused-ring (bicyclic) bond motifs is 1. The molecular weight excluding hydrogens is 508 g/mol. The van der Waals surface area contributed by atoms with Crippen molar-refractivity contribution in [3.05, 3.63) is 36.0 Å². The van der Waals surface area contributed by atoms with Crippen LogP contribution in [0, 0.1) is 0 Å². The van der Waals surface area contributed by atoms with E-state index in [0.717, 1.165) is 57.8 Å². The molecule has 1 aliphatic heterocycles. The number of rotatable bonds is 12. The lowest BCUT2D eigenvalue weighted by atomic mass is 9.96. The van der Waals surface area contributed by atoms with E-state index in [1.165, 1.54) is 10.9 Å². The highest BCUT2D eigenvalue weighted by molar-refractivity contribution is 5.89. The Morgan fingerprint density at radius 3 is 2.10 bits per heavy atom. The van der Waals surface area contributed by atoms with Gasteiger partial charge in [0, 0.05) is 63.4 Å². The molecule has 1 aromatic carbocycles. The molecule has 0 spiro atoms. The fraction of sp³-hybridized carbons (Fsp3) is 0.556. The van der Waals surface area contributed by atoms with Crippen LogP contribution in [-0.2, 0) is 32.1 Å². The first-order valence-electron chi connectivity index (χ1n) is 13.0. The number of carbonyl (C=O) groups is 4. The summed E-state index contributed by atoms with van der Waals surface area (Å²) in [7, 11) is 4.12. The molecular formula is C27H40N4O8. The van der Waals surface area contributed by atoms with Gasteiger partial charge in [0.25, 0.3) is 0 Å². The fourth-order valence-electron chi connectivity index (χ4n) is 4.46. The second kappa shape index (κ2) is 14.6. The van der Waals surface area contributed by atoms with Crippen LogP contribution in [0.25, 0.3) is 10.9 Å². The zero-order chi connectivity index (χ0) is 29.2. The molecule has 0 saturated carbocycles. The van der Waals surface area contributed by atoms with E-state index in [-0.39, 0.29) is 5.91 Å². The second-order valence-corrected chi connectivity index (χ2v) is 9.93. The molecule has 1 aromatic heterocycles. The number of benzene rings is 1. The number of carboxylic acid groups (broad SMARTS) is 3. The van der Waals surface area contributed by atoms with E-state index in [9.17, 15) is 19.2 Å². The molecule has 12 nitrogen and oxygen atoms in total. The molecule has 4 N–H and O–H groups in total. The molecule has 0 atom stereocenters. The Labute approximate surface area is 228 Å². The van der Waals surface area contributed by atoms with Crippen molar-refractivity contribution in [3.8, 4) is 0 Å². The van der Waals surface area contributed by atoms with Crippen LogP contribution >= 0.6 is 0 Å². The highest BCUT2D eigenvalue weighted by atomic mass is 16.4. The van der Waals surface area contributed by atoms with Gasteiger partial charge in [-0.1, -0.05) is 18.2 Å². The summed E-state index contributed by atoms with van der Waals surface area (Å²) in [5, 5.41) is 35.0. The first-order chi connectivity index (χ1) is 18.4. The molecule has 1 amide bonds. The van der Waals surface area contributed by atoms with Crippen LogP contribution in [-0.4, -0.2) is 122 Å². The zero-order valence-corrected chi connectivity index (χ0v) is 22.9. The average molecular weight is 549 g/mol. The van der Waals surface area contributed by atoms with Gasteiger partial charge in [-0.05, 0) is 38.6 Å². The number of amides is 1. The van der Waals surface area contributed by atoms with E-state index in [2.05, 4.69) is 58.8 Å². The first-order valence-corrected chi connectivity index (χ1v) is 13.0.